The van der Waals surface area contributed by atoms with Crippen LogP contribution in [0.2, 0.25) is 0 Å². The molecule has 0 atom stereocenters. The van der Waals surface area contributed by atoms with Crippen molar-refractivity contribution in [1.82, 2.24) is 0 Å². The van der Waals surface area contributed by atoms with Crippen LogP contribution < -0.4 is 0 Å². The number of benzene rings is 1. The van der Waals surface area contributed by atoms with Gasteiger partial charge in [-0.2, -0.15) is 0 Å². The standard InChI is InChI=1S/C21H36O2/c1-9-22-20(5,6)14-17-10-12-18(13-11-17)15-21(7,8)23-16-19(2,3)4/h10-13H,9,14-16H2,1-8H3. The summed E-state index contributed by atoms with van der Waals surface area (Å²) in [5.41, 5.74) is 2.60. The fraction of sp³-hybridized carbons (Fsp3) is 0.714. The van der Waals surface area contributed by atoms with Gasteiger partial charge in [-0.05, 0) is 51.2 Å². The minimum atomic E-state index is -0.139. The zero-order chi connectivity index (χ0) is 17.7. The van der Waals surface area contributed by atoms with Gasteiger partial charge < -0.3 is 9.47 Å². The highest BCUT2D eigenvalue weighted by Gasteiger charge is 2.23. The molecule has 0 aliphatic carbocycles. The van der Waals surface area contributed by atoms with Gasteiger partial charge in [-0.3, -0.25) is 0 Å². The highest BCUT2D eigenvalue weighted by Crippen LogP contribution is 2.23. The van der Waals surface area contributed by atoms with E-state index < -0.39 is 0 Å². The Morgan fingerprint density at radius 1 is 0.696 bits per heavy atom. The summed E-state index contributed by atoms with van der Waals surface area (Å²) in [5.74, 6) is 0. The van der Waals surface area contributed by atoms with E-state index in [1.165, 1.54) is 11.1 Å². The number of ether oxygens (including phenoxy) is 2. The topological polar surface area (TPSA) is 18.5 Å². The van der Waals surface area contributed by atoms with E-state index in [1.54, 1.807) is 0 Å². The predicted molar refractivity (Wildman–Crippen MR) is 99.0 cm³/mol. The molecule has 0 spiro atoms. The number of hydrogen-bond acceptors (Lipinski definition) is 2. The van der Waals surface area contributed by atoms with Gasteiger partial charge in [0.25, 0.3) is 0 Å². The zero-order valence-electron chi connectivity index (χ0n) is 16.5. The van der Waals surface area contributed by atoms with Crippen LogP contribution in [0.1, 0.15) is 66.5 Å². The Balaban J connectivity index is 2.63. The Hall–Kier alpha value is -0.860. The van der Waals surface area contributed by atoms with Crippen LogP contribution in [0.25, 0.3) is 0 Å². The second-order valence-corrected chi connectivity index (χ2v) is 8.97. The number of rotatable bonds is 8. The second kappa shape index (κ2) is 7.81. The van der Waals surface area contributed by atoms with Crippen molar-refractivity contribution < 1.29 is 9.47 Å². The van der Waals surface area contributed by atoms with Crippen LogP contribution in [0.15, 0.2) is 24.3 Å². The lowest BCUT2D eigenvalue weighted by Gasteiger charge is -2.30. The van der Waals surface area contributed by atoms with Gasteiger partial charge in [0.15, 0.2) is 0 Å². The lowest BCUT2D eigenvalue weighted by atomic mass is 9.93. The minimum Gasteiger partial charge on any atom is -0.376 e. The van der Waals surface area contributed by atoms with Gasteiger partial charge in [-0.25, -0.2) is 0 Å². The quantitative estimate of drug-likeness (QED) is 0.636. The molecule has 0 unspecified atom stereocenters. The van der Waals surface area contributed by atoms with Crippen LogP contribution in [0, 0.1) is 5.41 Å². The van der Waals surface area contributed by atoms with Crippen molar-refractivity contribution in [1.29, 1.82) is 0 Å². The molecule has 132 valence electrons. The molecular formula is C21H36O2. The highest BCUT2D eigenvalue weighted by molar-refractivity contribution is 5.24. The minimum absolute atomic E-state index is 0.106. The SMILES string of the molecule is CCOC(C)(C)Cc1ccc(CC(C)(C)OCC(C)(C)C)cc1. The van der Waals surface area contributed by atoms with Crippen molar-refractivity contribution in [2.24, 2.45) is 5.41 Å². The summed E-state index contributed by atoms with van der Waals surface area (Å²) in [6.07, 6.45) is 1.86. The van der Waals surface area contributed by atoms with E-state index in [2.05, 4.69) is 72.7 Å². The molecule has 1 aromatic carbocycles. The molecule has 0 aliphatic rings. The summed E-state index contributed by atoms with van der Waals surface area (Å²) in [7, 11) is 0. The van der Waals surface area contributed by atoms with E-state index in [0.717, 1.165) is 26.1 Å². The molecule has 0 aliphatic heterocycles. The van der Waals surface area contributed by atoms with Crippen LogP contribution in [0.4, 0.5) is 0 Å². The normalized spacial score (nSPS) is 13.4. The highest BCUT2D eigenvalue weighted by atomic mass is 16.5. The molecule has 0 fully saturated rings. The maximum atomic E-state index is 6.12. The van der Waals surface area contributed by atoms with Crippen molar-refractivity contribution in [2.45, 2.75) is 79.4 Å². The van der Waals surface area contributed by atoms with Gasteiger partial charge in [0.05, 0.1) is 17.8 Å². The van der Waals surface area contributed by atoms with Crippen molar-refractivity contribution in [3.05, 3.63) is 35.4 Å². The lowest BCUT2D eigenvalue weighted by Crippen LogP contribution is -2.31. The first-order valence-electron chi connectivity index (χ1n) is 8.78. The zero-order valence-corrected chi connectivity index (χ0v) is 16.5. The molecule has 23 heavy (non-hydrogen) atoms. The molecule has 0 N–H and O–H groups in total. The van der Waals surface area contributed by atoms with E-state index in [9.17, 15) is 0 Å². The molecule has 0 bridgehead atoms. The van der Waals surface area contributed by atoms with E-state index in [1.807, 2.05) is 6.92 Å². The molecule has 0 aromatic heterocycles. The third-order valence-electron chi connectivity index (χ3n) is 3.71. The Morgan fingerprint density at radius 2 is 1.09 bits per heavy atom. The fourth-order valence-corrected chi connectivity index (χ4v) is 2.66. The van der Waals surface area contributed by atoms with Crippen molar-refractivity contribution in [2.75, 3.05) is 13.2 Å². The van der Waals surface area contributed by atoms with E-state index >= 15 is 0 Å². The Kier molecular flexibility index (Phi) is 6.85. The van der Waals surface area contributed by atoms with Crippen LogP contribution in [-0.2, 0) is 22.3 Å². The summed E-state index contributed by atoms with van der Waals surface area (Å²) in [4.78, 5) is 0. The molecular weight excluding hydrogens is 284 g/mol. The smallest absolute Gasteiger partial charge is 0.0666 e. The summed E-state index contributed by atoms with van der Waals surface area (Å²) >= 11 is 0. The Bertz CT molecular complexity index is 464. The molecule has 0 heterocycles. The molecule has 0 saturated carbocycles. The monoisotopic (exact) mass is 320 g/mol. The molecule has 0 radical (unpaired) electrons. The van der Waals surface area contributed by atoms with Gasteiger partial charge in [-0.15, -0.1) is 0 Å². The van der Waals surface area contributed by atoms with Crippen molar-refractivity contribution in [3.63, 3.8) is 0 Å². The van der Waals surface area contributed by atoms with E-state index in [0.29, 0.717) is 0 Å². The largest absolute Gasteiger partial charge is 0.376 e. The Morgan fingerprint density at radius 3 is 1.43 bits per heavy atom. The van der Waals surface area contributed by atoms with Crippen molar-refractivity contribution in [3.8, 4) is 0 Å². The molecule has 1 aromatic rings. The van der Waals surface area contributed by atoms with E-state index in [4.69, 9.17) is 9.47 Å². The molecule has 0 amide bonds. The maximum Gasteiger partial charge on any atom is 0.0666 e. The summed E-state index contributed by atoms with van der Waals surface area (Å²) in [6, 6.07) is 8.88. The first-order chi connectivity index (χ1) is 10.4. The van der Waals surface area contributed by atoms with E-state index in [-0.39, 0.29) is 16.6 Å². The van der Waals surface area contributed by atoms with Crippen LogP contribution >= 0.6 is 0 Å². The first kappa shape index (κ1) is 20.2. The van der Waals surface area contributed by atoms with Gasteiger partial charge in [0, 0.05) is 19.4 Å². The summed E-state index contributed by atoms with van der Waals surface area (Å²) in [6.45, 7) is 18.8. The maximum absolute atomic E-state index is 6.12. The molecule has 2 heteroatoms. The van der Waals surface area contributed by atoms with Gasteiger partial charge in [0.1, 0.15) is 0 Å². The lowest BCUT2D eigenvalue weighted by molar-refractivity contribution is -0.0499. The summed E-state index contributed by atoms with van der Waals surface area (Å²) < 4.78 is 11.9. The van der Waals surface area contributed by atoms with Crippen molar-refractivity contribution >= 4 is 0 Å². The average Bonchev–Trinajstić information content (AvgIpc) is 2.37. The Labute approximate surface area is 143 Å². The predicted octanol–water partition coefficient (Wildman–Crippen LogP) is 5.43. The third-order valence-corrected chi connectivity index (χ3v) is 3.71. The second-order valence-electron chi connectivity index (χ2n) is 8.97. The van der Waals surface area contributed by atoms with Gasteiger partial charge in [0.2, 0.25) is 0 Å². The summed E-state index contributed by atoms with van der Waals surface area (Å²) in [5, 5.41) is 0. The average molecular weight is 321 g/mol. The molecule has 2 nitrogen and oxygen atoms in total. The third kappa shape index (κ3) is 8.53. The fourth-order valence-electron chi connectivity index (χ4n) is 2.66. The van der Waals surface area contributed by atoms with Gasteiger partial charge in [-0.1, -0.05) is 45.0 Å². The van der Waals surface area contributed by atoms with Crippen LogP contribution in [0.5, 0.6) is 0 Å². The van der Waals surface area contributed by atoms with Crippen LogP contribution in [0.3, 0.4) is 0 Å². The first-order valence-corrected chi connectivity index (χ1v) is 8.78. The van der Waals surface area contributed by atoms with Crippen LogP contribution in [-0.4, -0.2) is 24.4 Å². The molecule has 1 rings (SSSR count). The van der Waals surface area contributed by atoms with Gasteiger partial charge >= 0.3 is 0 Å². The number of hydrogen-bond donors (Lipinski definition) is 0. The molecule has 0 saturated heterocycles.